The molecule has 4 nitrogen and oxygen atoms in total. The third kappa shape index (κ3) is 3.64. The van der Waals surface area contributed by atoms with Crippen LogP contribution in [0.1, 0.15) is 47.8 Å². The van der Waals surface area contributed by atoms with Crippen molar-refractivity contribution in [3.05, 3.63) is 77.9 Å². The molecule has 32 heavy (non-hydrogen) atoms. The van der Waals surface area contributed by atoms with E-state index in [2.05, 4.69) is 39.9 Å². The number of hydrogen-bond acceptors (Lipinski definition) is 3. The fraction of sp³-hybridized carbons (Fsp3) is 0.308. The Morgan fingerprint density at radius 3 is 2.88 bits per heavy atom. The van der Waals surface area contributed by atoms with E-state index < -0.39 is 5.92 Å². The molecule has 166 valence electrons. The molecule has 2 aromatic heterocycles. The quantitative estimate of drug-likeness (QED) is 0.435. The molecule has 1 aliphatic rings. The summed E-state index contributed by atoms with van der Waals surface area (Å²) < 4.78 is 31.9. The summed E-state index contributed by atoms with van der Waals surface area (Å²) in [4.78, 5) is 13.6. The van der Waals surface area contributed by atoms with Gasteiger partial charge >= 0.3 is 5.92 Å². The van der Waals surface area contributed by atoms with E-state index in [0.29, 0.717) is 29.6 Å². The molecule has 1 aromatic carbocycles. The Morgan fingerprint density at radius 2 is 2.12 bits per heavy atom. The van der Waals surface area contributed by atoms with Crippen molar-refractivity contribution >= 4 is 28.8 Å². The van der Waals surface area contributed by atoms with Crippen LogP contribution in [0.5, 0.6) is 0 Å². The summed E-state index contributed by atoms with van der Waals surface area (Å²) in [7, 11) is 1.98. The summed E-state index contributed by atoms with van der Waals surface area (Å²) >= 11 is 0. The first-order valence-corrected chi connectivity index (χ1v) is 10.9. The Labute approximate surface area is 187 Å². The Bertz CT molecular complexity index is 1190. The normalized spacial score (nSPS) is 14.2. The first kappa shape index (κ1) is 21.9. The topological polar surface area (TPSA) is 44.3 Å². The van der Waals surface area contributed by atoms with Crippen LogP contribution in [0.2, 0.25) is 0 Å². The van der Waals surface area contributed by atoms with Crippen molar-refractivity contribution in [2.75, 3.05) is 18.5 Å². The first-order chi connectivity index (χ1) is 15.4. The average Bonchev–Trinajstić information content (AvgIpc) is 3.26. The molecule has 0 aliphatic carbocycles. The largest absolute Gasteiger partial charge is 0.370 e. The van der Waals surface area contributed by atoms with Crippen LogP contribution in [0.15, 0.2) is 54.8 Å². The molecule has 3 aromatic rings. The Hall–Kier alpha value is -3.28. The average molecular weight is 435 g/mol. The summed E-state index contributed by atoms with van der Waals surface area (Å²) in [5.74, 6) is -3.25. The van der Waals surface area contributed by atoms with Gasteiger partial charge in [0.1, 0.15) is 5.69 Å². The minimum absolute atomic E-state index is 0.0306. The van der Waals surface area contributed by atoms with Gasteiger partial charge in [-0.15, -0.1) is 6.58 Å². The number of hydrogen-bond donors (Lipinski definition) is 1. The van der Waals surface area contributed by atoms with Crippen LogP contribution in [-0.4, -0.2) is 35.8 Å². The van der Waals surface area contributed by atoms with Gasteiger partial charge in [0.25, 0.3) is 0 Å². The minimum atomic E-state index is -3.25. The lowest BCUT2D eigenvalue weighted by atomic mass is 9.94. The molecule has 1 unspecified atom stereocenters. The standard InChI is InChI=1S/C26H28F2N4/c1-5-7-9-17(3)32(4)23-16-31-25(20-11-8-10-18(6-2)24(20)23)26(27,28)21-14-30-22-15-29-13-12-19(21)22/h5-6,8,10-11,14-17,30H,1-2,7,9,12-13H2,3-4H3. The van der Waals surface area contributed by atoms with Crippen LogP contribution in [0.4, 0.5) is 14.5 Å². The number of benzene rings is 1. The molecule has 0 fully saturated rings. The zero-order valence-electron chi connectivity index (χ0n) is 18.5. The van der Waals surface area contributed by atoms with Crippen LogP contribution < -0.4 is 4.90 Å². The number of anilines is 1. The highest BCUT2D eigenvalue weighted by molar-refractivity contribution is 6.01. The fourth-order valence-electron chi connectivity index (χ4n) is 4.38. The van der Waals surface area contributed by atoms with Crippen LogP contribution in [0, 0.1) is 0 Å². The number of aromatic amines is 1. The third-order valence-corrected chi connectivity index (χ3v) is 6.34. The van der Waals surface area contributed by atoms with Crippen molar-refractivity contribution in [3.63, 3.8) is 0 Å². The molecule has 0 spiro atoms. The highest BCUT2D eigenvalue weighted by Crippen LogP contribution is 2.43. The molecule has 0 saturated heterocycles. The number of nitrogens with zero attached hydrogens (tertiary/aromatic N) is 3. The maximum absolute atomic E-state index is 16.0. The van der Waals surface area contributed by atoms with E-state index in [1.807, 2.05) is 19.2 Å². The van der Waals surface area contributed by atoms with Gasteiger partial charge < -0.3 is 9.88 Å². The number of pyridine rings is 1. The highest BCUT2D eigenvalue weighted by atomic mass is 19.3. The van der Waals surface area contributed by atoms with Crippen LogP contribution in [0.3, 0.4) is 0 Å². The number of rotatable bonds is 8. The summed E-state index contributed by atoms with van der Waals surface area (Å²) in [6.07, 6.45) is 10.5. The van der Waals surface area contributed by atoms with Gasteiger partial charge in [-0.25, -0.2) is 0 Å². The monoisotopic (exact) mass is 434 g/mol. The van der Waals surface area contributed by atoms with Crippen LogP contribution >= 0.6 is 0 Å². The van der Waals surface area contributed by atoms with Gasteiger partial charge in [-0.05, 0) is 37.3 Å². The van der Waals surface area contributed by atoms with Crippen LogP contribution in [-0.2, 0) is 12.3 Å². The molecule has 1 aliphatic heterocycles. The molecule has 0 amide bonds. The van der Waals surface area contributed by atoms with E-state index in [1.165, 1.54) is 6.20 Å². The second kappa shape index (κ2) is 8.69. The van der Waals surface area contributed by atoms with Crippen molar-refractivity contribution < 1.29 is 8.78 Å². The molecular weight excluding hydrogens is 406 g/mol. The number of fused-ring (bicyclic) bond motifs is 2. The Kier molecular flexibility index (Phi) is 5.96. The number of halogens is 2. The number of aliphatic imine (C=N–C) groups is 1. The number of nitrogens with one attached hydrogen (secondary N) is 1. The fourth-order valence-corrected chi connectivity index (χ4v) is 4.38. The van der Waals surface area contributed by atoms with Gasteiger partial charge in [0.2, 0.25) is 0 Å². The van der Waals surface area contributed by atoms with Gasteiger partial charge in [0, 0.05) is 48.4 Å². The van der Waals surface area contributed by atoms with Crippen molar-refractivity contribution in [2.45, 2.75) is 38.2 Å². The molecule has 0 bridgehead atoms. The van der Waals surface area contributed by atoms with Gasteiger partial charge in [-0.1, -0.05) is 36.9 Å². The van der Waals surface area contributed by atoms with Crippen molar-refractivity contribution in [1.29, 1.82) is 0 Å². The van der Waals surface area contributed by atoms with E-state index in [-0.39, 0.29) is 17.3 Å². The molecule has 0 radical (unpaired) electrons. The third-order valence-electron chi connectivity index (χ3n) is 6.34. The van der Waals surface area contributed by atoms with Gasteiger partial charge in [0.15, 0.2) is 0 Å². The SMILES string of the molecule is C=CCCC(C)N(C)c1cnc(C(F)(F)c2c[nH]c3c2CCN=C3)c2cccc(C=C)c12. The van der Waals surface area contributed by atoms with Crippen molar-refractivity contribution in [3.8, 4) is 0 Å². The molecule has 6 heteroatoms. The number of allylic oxidation sites excluding steroid dienone is 1. The highest BCUT2D eigenvalue weighted by Gasteiger charge is 2.41. The zero-order chi connectivity index (χ0) is 22.9. The van der Waals surface area contributed by atoms with E-state index in [4.69, 9.17) is 0 Å². The maximum atomic E-state index is 16.0. The molecule has 3 heterocycles. The number of alkyl halides is 2. The lowest BCUT2D eigenvalue weighted by Crippen LogP contribution is -2.29. The molecular formula is C26H28F2N4. The number of H-pyrrole nitrogens is 1. The molecule has 4 rings (SSSR count). The second-order valence-corrected chi connectivity index (χ2v) is 8.25. The predicted molar refractivity (Wildman–Crippen MR) is 129 cm³/mol. The second-order valence-electron chi connectivity index (χ2n) is 8.25. The van der Waals surface area contributed by atoms with Gasteiger partial charge in [-0.3, -0.25) is 9.98 Å². The lowest BCUT2D eigenvalue weighted by molar-refractivity contribution is 0.0391. The zero-order valence-corrected chi connectivity index (χ0v) is 18.5. The van der Waals surface area contributed by atoms with E-state index in [0.717, 1.165) is 29.5 Å². The number of aromatic nitrogens is 2. The molecule has 1 N–H and O–H groups in total. The first-order valence-electron chi connectivity index (χ1n) is 10.9. The summed E-state index contributed by atoms with van der Waals surface area (Å²) in [6, 6.07) is 5.60. The Morgan fingerprint density at radius 1 is 1.31 bits per heavy atom. The molecule has 0 saturated carbocycles. The summed E-state index contributed by atoms with van der Waals surface area (Å²) in [5.41, 5.74) is 2.61. The Balaban J connectivity index is 1.89. The summed E-state index contributed by atoms with van der Waals surface area (Å²) in [5, 5.41) is 1.18. The lowest BCUT2D eigenvalue weighted by Gasteiger charge is -2.29. The van der Waals surface area contributed by atoms with Crippen LogP contribution in [0.25, 0.3) is 16.8 Å². The van der Waals surface area contributed by atoms with E-state index in [1.54, 1.807) is 30.6 Å². The van der Waals surface area contributed by atoms with E-state index in [9.17, 15) is 0 Å². The predicted octanol–water partition coefficient (Wildman–Crippen LogP) is 6.11. The van der Waals surface area contributed by atoms with Crippen molar-refractivity contribution in [1.82, 2.24) is 9.97 Å². The smallest absolute Gasteiger partial charge is 0.317 e. The van der Waals surface area contributed by atoms with E-state index >= 15 is 8.78 Å². The maximum Gasteiger partial charge on any atom is 0.317 e. The summed E-state index contributed by atoms with van der Waals surface area (Å²) in [6.45, 7) is 10.3. The van der Waals surface area contributed by atoms with Gasteiger partial charge in [-0.2, -0.15) is 8.78 Å². The molecule has 1 atom stereocenters. The minimum Gasteiger partial charge on any atom is -0.370 e. The van der Waals surface area contributed by atoms with Gasteiger partial charge in [0.05, 0.1) is 17.6 Å². The van der Waals surface area contributed by atoms with Crippen molar-refractivity contribution in [2.24, 2.45) is 4.99 Å².